The van der Waals surface area contributed by atoms with E-state index in [-0.39, 0.29) is 22.2 Å². The van der Waals surface area contributed by atoms with Crippen LogP contribution in [0.4, 0.5) is 0 Å². The van der Waals surface area contributed by atoms with Gasteiger partial charge >= 0.3 is 5.97 Å². The summed E-state index contributed by atoms with van der Waals surface area (Å²) >= 11 is 0. The lowest BCUT2D eigenvalue weighted by atomic mass is 9.31. The van der Waals surface area contributed by atoms with Crippen LogP contribution in [0.5, 0.6) is 0 Å². The summed E-state index contributed by atoms with van der Waals surface area (Å²) in [6, 6.07) is 0. The Morgan fingerprint density at radius 2 is 1.21 bits per heavy atom. The van der Waals surface area contributed by atoms with Crippen molar-refractivity contribution in [2.45, 2.75) is 77.0 Å². The van der Waals surface area contributed by atoms with Gasteiger partial charge in [0.2, 0.25) is 5.91 Å². The fourth-order valence-electron chi connectivity index (χ4n) is 10.5. The largest absolute Gasteiger partial charge is 0.481 e. The Morgan fingerprint density at radius 3 is 1.64 bits per heavy atom. The second kappa shape index (κ2) is 5.12. The summed E-state index contributed by atoms with van der Waals surface area (Å²) in [5.74, 6) is 1.68. The molecule has 0 aliphatic heterocycles. The lowest BCUT2D eigenvalue weighted by molar-refractivity contribution is -0.238. The van der Waals surface area contributed by atoms with Crippen molar-refractivity contribution in [3.05, 3.63) is 0 Å². The summed E-state index contributed by atoms with van der Waals surface area (Å²) in [7, 11) is 0. The van der Waals surface area contributed by atoms with E-state index in [9.17, 15) is 14.7 Å². The number of carbonyl (C=O) groups is 2. The maximum Gasteiger partial charge on any atom is 0.309 e. The molecule has 8 bridgehead atoms. The monoisotopic (exact) mass is 382 g/mol. The van der Waals surface area contributed by atoms with Gasteiger partial charge in [0.05, 0.1) is 10.8 Å². The van der Waals surface area contributed by atoms with Crippen molar-refractivity contribution >= 4 is 11.9 Å². The lowest BCUT2D eigenvalue weighted by Crippen LogP contribution is -2.67. The van der Waals surface area contributed by atoms with Crippen molar-refractivity contribution in [1.82, 2.24) is 5.32 Å². The van der Waals surface area contributed by atoms with Crippen LogP contribution in [0.3, 0.4) is 0 Å². The first-order valence-corrected chi connectivity index (χ1v) is 11.2. The van der Waals surface area contributed by atoms with Crippen molar-refractivity contribution in [2.75, 3.05) is 0 Å². The molecular weight excluding hydrogens is 352 g/mol. The Bertz CT molecular complexity index is 783. The minimum atomic E-state index is -0.562. The summed E-state index contributed by atoms with van der Waals surface area (Å²) in [6.45, 7) is 0. The first-order valence-electron chi connectivity index (χ1n) is 11.2. The molecule has 150 valence electrons. The Hall–Kier alpha value is -1.57. The van der Waals surface area contributed by atoms with Crippen LogP contribution < -0.4 is 5.32 Å². The maximum absolute atomic E-state index is 13.0. The van der Waals surface area contributed by atoms with E-state index in [1.807, 2.05) is 6.19 Å². The van der Waals surface area contributed by atoms with E-state index in [1.54, 1.807) is 0 Å². The van der Waals surface area contributed by atoms with Crippen LogP contribution in [0.1, 0.15) is 77.0 Å². The molecule has 4 unspecified atom stereocenters. The topological polar surface area (TPSA) is 90.2 Å². The Morgan fingerprint density at radius 1 is 0.786 bits per heavy atom. The first-order chi connectivity index (χ1) is 13.3. The van der Waals surface area contributed by atoms with Crippen LogP contribution in [-0.2, 0) is 9.59 Å². The summed E-state index contributed by atoms with van der Waals surface area (Å²) in [5, 5.41) is 21.8. The van der Waals surface area contributed by atoms with Gasteiger partial charge in [-0.3, -0.25) is 14.9 Å². The third-order valence-electron chi connectivity index (χ3n) is 10.4. The minimum absolute atomic E-state index is 0.0499. The number of carbonyl (C=O) groups excluding carboxylic acids is 1. The second-order valence-electron chi connectivity index (χ2n) is 11.9. The molecule has 8 fully saturated rings. The van der Waals surface area contributed by atoms with E-state index in [0.717, 1.165) is 38.5 Å². The number of carboxylic acids is 1. The first kappa shape index (κ1) is 17.3. The number of amides is 1. The van der Waals surface area contributed by atoms with E-state index in [0.29, 0.717) is 23.7 Å². The Labute approximate surface area is 166 Å². The minimum Gasteiger partial charge on any atom is -0.481 e. The fraction of sp³-hybridized carbons (Fsp3) is 0.870. The van der Waals surface area contributed by atoms with Crippen molar-refractivity contribution in [2.24, 2.45) is 45.3 Å². The van der Waals surface area contributed by atoms with E-state index < -0.39 is 11.4 Å². The molecule has 5 heteroatoms. The summed E-state index contributed by atoms with van der Waals surface area (Å²) < 4.78 is 0. The zero-order valence-electron chi connectivity index (χ0n) is 16.5. The molecule has 5 nitrogen and oxygen atoms in total. The van der Waals surface area contributed by atoms with Gasteiger partial charge in [-0.2, -0.15) is 5.26 Å². The molecule has 0 radical (unpaired) electrons. The van der Waals surface area contributed by atoms with Crippen LogP contribution in [0.25, 0.3) is 0 Å². The predicted octanol–water partition coefficient (Wildman–Crippen LogP) is 3.84. The average molecular weight is 383 g/mol. The predicted molar refractivity (Wildman–Crippen MR) is 100 cm³/mol. The van der Waals surface area contributed by atoms with Crippen LogP contribution in [-0.4, -0.2) is 17.0 Å². The molecule has 28 heavy (non-hydrogen) atoms. The molecule has 0 saturated heterocycles. The fourth-order valence-corrected chi connectivity index (χ4v) is 10.5. The van der Waals surface area contributed by atoms with Gasteiger partial charge in [-0.1, -0.05) is 0 Å². The summed E-state index contributed by atoms with van der Waals surface area (Å²) in [4.78, 5) is 25.4. The quantitative estimate of drug-likeness (QED) is 0.573. The summed E-state index contributed by atoms with van der Waals surface area (Å²) in [6.07, 6.45) is 14.5. The van der Waals surface area contributed by atoms with Crippen molar-refractivity contribution in [3.8, 4) is 6.19 Å². The van der Waals surface area contributed by atoms with Gasteiger partial charge in [0.15, 0.2) is 6.19 Å². The van der Waals surface area contributed by atoms with Gasteiger partial charge in [0.1, 0.15) is 0 Å². The van der Waals surface area contributed by atoms with E-state index >= 15 is 0 Å². The SMILES string of the molecule is N#CNC(=O)C12CC3CC(C1)CC(C14CC5CC(CC(C(=O)O)(C5)C1)C4)(C3)C2. The number of nitriles is 1. The molecule has 0 aromatic heterocycles. The molecule has 8 saturated carbocycles. The van der Waals surface area contributed by atoms with Crippen molar-refractivity contribution < 1.29 is 14.7 Å². The average Bonchev–Trinajstić information content (AvgIpc) is 2.59. The molecule has 0 aromatic rings. The van der Waals surface area contributed by atoms with Crippen molar-refractivity contribution in [3.63, 3.8) is 0 Å². The Balaban J connectivity index is 1.43. The third kappa shape index (κ3) is 1.97. The smallest absolute Gasteiger partial charge is 0.309 e. The zero-order chi connectivity index (χ0) is 19.4. The molecule has 1 amide bonds. The Kier molecular flexibility index (Phi) is 3.17. The molecule has 8 aliphatic rings. The molecular formula is C23H30N2O3. The molecule has 8 aliphatic carbocycles. The van der Waals surface area contributed by atoms with Crippen LogP contribution in [0.2, 0.25) is 0 Å². The highest BCUT2D eigenvalue weighted by molar-refractivity contribution is 5.84. The molecule has 8 rings (SSSR count). The van der Waals surface area contributed by atoms with Crippen LogP contribution >= 0.6 is 0 Å². The molecule has 0 aromatic carbocycles. The maximum atomic E-state index is 13.0. The highest BCUT2D eigenvalue weighted by Crippen LogP contribution is 2.78. The van der Waals surface area contributed by atoms with E-state index in [4.69, 9.17) is 5.26 Å². The van der Waals surface area contributed by atoms with E-state index in [2.05, 4.69) is 5.32 Å². The van der Waals surface area contributed by atoms with Crippen molar-refractivity contribution in [1.29, 1.82) is 5.26 Å². The van der Waals surface area contributed by atoms with Gasteiger partial charge in [-0.15, -0.1) is 0 Å². The van der Waals surface area contributed by atoms with Gasteiger partial charge < -0.3 is 5.11 Å². The van der Waals surface area contributed by atoms with Gasteiger partial charge in [-0.25, -0.2) is 0 Å². The van der Waals surface area contributed by atoms with Gasteiger partial charge in [0, 0.05) is 0 Å². The van der Waals surface area contributed by atoms with E-state index in [1.165, 1.54) is 38.5 Å². The molecule has 2 N–H and O–H groups in total. The molecule has 0 spiro atoms. The standard InChI is InChI=1S/C23H30N2O3/c24-13-25-18(26)20-3-14-1-15(4-20)8-22(7-14,11-20)23-9-16-2-17(10-23)6-21(5-16,12-23)19(27)28/h14-17H,1-12H2,(H,25,26)(H,27,28). The second-order valence-corrected chi connectivity index (χ2v) is 11.9. The number of carboxylic acid groups (broad SMARTS) is 1. The van der Waals surface area contributed by atoms with Crippen LogP contribution in [0, 0.1) is 56.8 Å². The lowest BCUT2D eigenvalue weighted by Gasteiger charge is -2.73. The number of hydrogen-bond donors (Lipinski definition) is 2. The molecule has 0 heterocycles. The highest BCUT2D eigenvalue weighted by Gasteiger charge is 2.71. The number of hydrogen-bond acceptors (Lipinski definition) is 3. The highest BCUT2D eigenvalue weighted by atomic mass is 16.4. The number of rotatable bonds is 3. The van der Waals surface area contributed by atoms with Gasteiger partial charge in [-0.05, 0) is 112 Å². The number of aliphatic carboxylic acids is 1. The summed E-state index contributed by atoms with van der Waals surface area (Å²) in [5.41, 5.74) is -0.636. The van der Waals surface area contributed by atoms with Gasteiger partial charge in [0.25, 0.3) is 0 Å². The van der Waals surface area contributed by atoms with Crippen LogP contribution in [0.15, 0.2) is 0 Å². The number of nitrogens with one attached hydrogen (secondary N) is 1. The zero-order valence-corrected chi connectivity index (χ0v) is 16.5. The normalized spacial score (nSPS) is 55.1. The third-order valence-corrected chi connectivity index (χ3v) is 10.4. The molecule has 4 atom stereocenters. The number of nitrogens with zero attached hydrogens (tertiary/aromatic N) is 1.